The van der Waals surface area contributed by atoms with Crippen LogP contribution in [-0.2, 0) is 16.6 Å². The summed E-state index contributed by atoms with van der Waals surface area (Å²) < 4.78 is 40.6. The van der Waals surface area contributed by atoms with Crippen molar-refractivity contribution in [2.24, 2.45) is 0 Å². The van der Waals surface area contributed by atoms with Gasteiger partial charge in [-0.1, -0.05) is 29.8 Å². The van der Waals surface area contributed by atoms with E-state index in [1.165, 1.54) is 16.4 Å². The summed E-state index contributed by atoms with van der Waals surface area (Å²) >= 11 is 6.09. The first-order valence-corrected chi connectivity index (χ1v) is 10.3. The molecule has 1 fully saturated rings. The maximum absolute atomic E-state index is 13.2. The molecule has 1 aliphatic heterocycles. The fourth-order valence-corrected chi connectivity index (χ4v) is 5.10. The molecule has 0 saturated carbocycles. The van der Waals surface area contributed by atoms with Crippen molar-refractivity contribution in [3.8, 4) is 0 Å². The molecule has 2 aromatic carbocycles. The molecule has 0 aromatic heterocycles. The Kier molecular flexibility index (Phi) is 5.67. The Hall–Kier alpha value is -1.47. The van der Waals surface area contributed by atoms with Crippen LogP contribution in [0.4, 0.5) is 4.39 Å². The van der Waals surface area contributed by atoms with Gasteiger partial charge in [0.25, 0.3) is 0 Å². The van der Waals surface area contributed by atoms with Crippen LogP contribution in [-0.4, -0.2) is 43.8 Å². The molecule has 140 valence electrons. The van der Waals surface area contributed by atoms with Gasteiger partial charge in [0.05, 0.1) is 4.90 Å². The lowest BCUT2D eigenvalue weighted by molar-refractivity contribution is 0.181. The number of nitrogens with zero attached hydrogens (tertiary/aromatic N) is 2. The van der Waals surface area contributed by atoms with E-state index in [0.29, 0.717) is 42.6 Å². The number of aryl methyl sites for hydroxylation is 2. The van der Waals surface area contributed by atoms with E-state index in [1.54, 1.807) is 12.1 Å². The lowest BCUT2D eigenvalue weighted by Gasteiger charge is -2.34. The molecular weight excluding hydrogens is 375 g/mol. The number of hydrogen-bond acceptors (Lipinski definition) is 3. The van der Waals surface area contributed by atoms with E-state index in [9.17, 15) is 12.8 Å². The van der Waals surface area contributed by atoms with E-state index in [0.717, 1.165) is 16.7 Å². The van der Waals surface area contributed by atoms with E-state index >= 15 is 0 Å². The summed E-state index contributed by atoms with van der Waals surface area (Å²) in [5, 5.41) is 0.399. The maximum atomic E-state index is 13.2. The Labute approximate surface area is 159 Å². The quantitative estimate of drug-likeness (QED) is 0.792. The van der Waals surface area contributed by atoms with E-state index in [2.05, 4.69) is 4.90 Å². The molecule has 1 saturated heterocycles. The van der Waals surface area contributed by atoms with Crippen molar-refractivity contribution in [1.82, 2.24) is 9.21 Å². The number of hydrogen-bond donors (Lipinski definition) is 0. The third kappa shape index (κ3) is 4.09. The van der Waals surface area contributed by atoms with Gasteiger partial charge < -0.3 is 0 Å². The van der Waals surface area contributed by atoms with Crippen LogP contribution in [0.25, 0.3) is 0 Å². The zero-order valence-electron chi connectivity index (χ0n) is 14.9. The van der Waals surface area contributed by atoms with Gasteiger partial charge in [0.2, 0.25) is 10.0 Å². The molecule has 0 bridgehead atoms. The molecule has 0 unspecified atom stereocenters. The summed E-state index contributed by atoms with van der Waals surface area (Å²) in [6, 6.07) is 9.86. The van der Waals surface area contributed by atoms with Crippen LogP contribution in [0, 0.1) is 19.7 Å². The molecule has 1 heterocycles. The van der Waals surface area contributed by atoms with Crippen molar-refractivity contribution < 1.29 is 12.8 Å². The second kappa shape index (κ2) is 7.64. The summed E-state index contributed by atoms with van der Waals surface area (Å²) in [7, 11) is -3.49. The van der Waals surface area contributed by atoms with Crippen molar-refractivity contribution in [3.63, 3.8) is 0 Å². The molecule has 0 N–H and O–H groups in total. The molecule has 0 radical (unpaired) electrons. The Balaban J connectivity index is 1.69. The predicted octanol–water partition coefficient (Wildman–Crippen LogP) is 3.60. The number of piperazine rings is 1. The van der Waals surface area contributed by atoms with Gasteiger partial charge in [-0.2, -0.15) is 4.31 Å². The minimum absolute atomic E-state index is 0.358. The van der Waals surface area contributed by atoms with Gasteiger partial charge >= 0.3 is 0 Å². The average Bonchev–Trinajstić information content (AvgIpc) is 2.60. The fraction of sp³-hybridized carbons (Fsp3) is 0.368. The van der Waals surface area contributed by atoms with Crippen LogP contribution in [0.2, 0.25) is 5.02 Å². The van der Waals surface area contributed by atoms with Crippen molar-refractivity contribution in [2.45, 2.75) is 25.3 Å². The van der Waals surface area contributed by atoms with E-state index in [4.69, 9.17) is 11.6 Å². The molecule has 4 nitrogen and oxygen atoms in total. The molecule has 1 aliphatic rings. The number of halogens is 2. The molecule has 0 amide bonds. The fourth-order valence-electron chi connectivity index (χ4n) is 3.14. The van der Waals surface area contributed by atoms with Crippen molar-refractivity contribution in [3.05, 3.63) is 63.9 Å². The SMILES string of the molecule is Cc1ccc(C)c(S(=O)(=O)N2CCN(Cc3ccc(F)cc3Cl)CC2)c1. The minimum atomic E-state index is -3.49. The Morgan fingerprint density at radius 2 is 1.73 bits per heavy atom. The second-order valence-electron chi connectivity index (χ2n) is 6.68. The monoisotopic (exact) mass is 396 g/mol. The van der Waals surface area contributed by atoms with Gasteiger partial charge in [-0.15, -0.1) is 0 Å². The molecular formula is C19H22ClFN2O2S. The minimum Gasteiger partial charge on any atom is -0.296 e. The third-order valence-corrected chi connectivity index (χ3v) is 7.09. The molecule has 2 aromatic rings. The van der Waals surface area contributed by atoms with E-state index in [-0.39, 0.29) is 5.82 Å². The smallest absolute Gasteiger partial charge is 0.243 e. The van der Waals surface area contributed by atoms with Crippen LogP contribution in [0.15, 0.2) is 41.3 Å². The highest BCUT2D eigenvalue weighted by Crippen LogP contribution is 2.24. The molecule has 7 heteroatoms. The number of rotatable bonds is 4. The molecule has 0 aliphatic carbocycles. The molecule has 3 rings (SSSR count). The summed E-state index contributed by atoms with van der Waals surface area (Å²) in [4.78, 5) is 2.52. The zero-order chi connectivity index (χ0) is 18.9. The average molecular weight is 397 g/mol. The normalized spacial score (nSPS) is 16.8. The number of benzene rings is 2. The van der Waals surface area contributed by atoms with Crippen molar-refractivity contribution in [2.75, 3.05) is 26.2 Å². The summed E-state index contributed by atoms with van der Waals surface area (Å²) in [6.45, 7) is 6.36. The van der Waals surface area contributed by atoms with Gasteiger partial charge in [-0.25, -0.2) is 12.8 Å². The van der Waals surface area contributed by atoms with Gasteiger partial charge in [0.1, 0.15) is 5.82 Å². The Morgan fingerprint density at radius 3 is 2.38 bits per heavy atom. The van der Waals surface area contributed by atoms with Gasteiger partial charge in [0, 0.05) is 37.7 Å². The Morgan fingerprint density at radius 1 is 1.04 bits per heavy atom. The Bertz CT molecular complexity index is 910. The highest BCUT2D eigenvalue weighted by Gasteiger charge is 2.29. The van der Waals surface area contributed by atoms with Crippen LogP contribution in [0.5, 0.6) is 0 Å². The van der Waals surface area contributed by atoms with Crippen LogP contribution in [0.1, 0.15) is 16.7 Å². The standard InChI is InChI=1S/C19H22ClFN2O2S/c1-14-3-4-15(2)19(11-14)26(24,25)23-9-7-22(8-10-23)13-16-5-6-17(21)12-18(16)20/h3-6,11-12H,7-10,13H2,1-2H3. The van der Waals surface area contributed by atoms with Gasteiger partial charge in [-0.3, -0.25) is 4.90 Å². The van der Waals surface area contributed by atoms with Crippen molar-refractivity contribution in [1.29, 1.82) is 0 Å². The van der Waals surface area contributed by atoms with Gasteiger partial charge in [0.15, 0.2) is 0 Å². The molecule has 0 atom stereocenters. The lowest BCUT2D eigenvalue weighted by Crippen LogP contribution is -2.48. The van der Waals surface area contributed by atoms with E-state index in [1.807, 2.05) is 26.0 Å². The predicted molar refractivity (Wildman–Crippen MR) is 101 cm³/mol. The van der Waals surface area contributed by atoms with Gasteiger partial charge in [-0.05, 0) is 48.7 Å². The van der Waals surface area contributed by atoms with Crippen LogP contribution >= 0.6 is 11.6 Å². The summed E-state index contributed by atoms with van der Waals surface area (Å²) in [5.41, 5.74) is 2.54. The lowest BCUT2D eigenvalue weighted by atomic mass is 10.2. The van der Waals surface area contributed by atoms with Crippen LogP contribution < -0.4 is 0 Å². The van der Waals surface area contributed by atoms with Crippen molar-refractivity contribution >= 4 is 21.6 Å². The first kappa shape index (κ1) is 19.3. The second-order valence-corrected chi connectivity index (χ2v) is 9.00. The largest absolute Gasteiger partial charge is 0.296 e. The van der Waals surface area contributed by atoms with E-state index < -0.39 is 10.0 Å². The third-order valence-electron chi connectivity index (χ3n) is 4.70. The zero-order valence-corrected chi connectivity index (χ0v) is 16.4. The highest BCUT2D eigenvalue weighted by atomic mass is 35.5. The van der Waals surface area contributed by atoms with Crippen LogP contribution in [0.3, 0.4) is 0 Å². The molecule has 0 spiro atoms. The topological polar surface area (TPSA) is 40.6 Å². The maximum Gasteiger partial charge on any atom is 0.243 e. The summed E-state index contributed by atoms with van der Waals surface area (Å²) in [6.07, 6.45) is 0. The number of sulfonamides is 1. The first-order chi connectivity index (χ1) is 12.3. The highest BCUT2D eigenvalue weighted by molar-refractivity contribution is 7.89. The first-order valence-electron chi connectivity index (χ1n) is 8.51. The summed E-state index contributed by atoms with van der Waals surface area (Å²) in [5.74, 6) is -0.358. The molecule has 26 heavy (non-hydrogen) atoms.